The Morgan fingerprint density at radius 1 is 1.39 bits per heavy atom. The van der Waals surface area contributed by atoms with Crippen LogP contribution >= 0.6 is 0 Å². The van der Waals surface area contributed by atoms with E-state index in [4.69, 9.17) is 4.74 Å². The Morgan fingerprint density at radius 2 is 2.17 bits per heavy atom. The van der Waals surface area contributed by atoms with Crippen LogP contribution in [0.4, 0.5) is 5.69 Å². The molecule has 1 aliphatic rings. The summed E-state index contributed by atoms with van der Waals surface area (Å²) in [6.07, 6.45) is 0.733. The van der Waals surface area contributed by atoms with Crippen molar-refractivity contribution in [3.05, 3.63) is 30.0 Å². The van der Waals surface area contributed by atoms with Crippen molar-refractivity contribution in [3.8, 4) is 5.75 Å². The van der Waals surface area contributed by atoms with Gasteiger partial charge in [-0.2, -0.15) is 0 Å². The van der Waals surface area contributed by atoms with Crippen molar-refractivity contribution in [3.63, 3.8) is 0 Å². The third-order valence-corrected chi connectivity index (χ3v) is 4.48. The molecule has 2 heterocycles. The number of hydrogen-bond acceptors (Lipinski definition) is 4. The normalized spacial score (nSPS) is 21.4. The number of aliphatic carboxylic acids is 1. The molecular formula is C18H22N2O3. The lowest BCUT2D eigenvalue weighted by molar-refractivity contribution is -0.142. The average Bonchev–Trinajstić information content (AvgIpc) is 2.52. The van der Waals surface area contributed by atoms with Gasteiger partial charge in [-0.3, -0.25) is 4.79 Å². The number of nitrogens with zero attached hydrogens (tertiary/aromatic N) is 2. The number of fused-ring (bicyclic) bond motifs is 1. The number of carboxylic acids is 1. The number of benzene rings is 1. The zero-order valence-corrected chi connectivity index (χ0v) is 13.7. The van der Waals surface area contributed by atoms with Gasteiger partial charge in [0.05, 0.1) is 13.0 Å². The second-order valence-electron chi connectivity index (χ2n) is 6.42. The molecule has 0 amide bonds. The number of methoxy groups -OCH3 is 1. The summed E-state index contributed by atoms with van der Waals surface area (Å²) in [7, 11) is 1.64. The van der Waals surface area contributed by atoms with E-state index in [1.807, 2.05) is 31.2 Å². The van der Waals surface area contributed by atoms with E-state index in [0.717, 1.165) is 41.0 Å². The maximum absolute atomic E-state index is 11.4. The van der Waals surface area contributed by atoms with Crippen LogP contribution in [-0.2, 0) is 4.79 Å². The topological polar surface area (TPSA) is 62.7 Å². The fourth-order valence-corrected chi connectivity index (χ4v) is 3.48. The highest BCUT2D eigenvalue weighted by Gasteiger charge is 2.30. The van der Waals surface area contributed by atoms with E-state index in [1.54, 1.807) is 7.11 Å². The number of pyridine rings is 1. The number of para-hydroxylation sites is 1. The largest absolute Gasteiger partial charge is 0.494 e. The molecular weight excluding hydrogens is 292 g/mol. The number of rotatable bonds is 3. The monoisotopic (exact) mass is 314 g/mol. The van der Waals surface area contributed by atoms with Gasteiger partial charge in [-0.25, -0.2) is 4.98 Å². The molecule has 5 heteroatoms. The number of hydrogen-bond donors (Lipinski definition) is 1. The lowest BCUT2D eigenvalue weighted by Gasteiger charge is -2.37. The Labute approximate surface area is 135 Å². The minimum absolute atomic E-state index is 0.326. The molecule has 1 aromatic carbocycles. The van der Waals surface area contributed by atoms with Gasteiger partial charge in [0, 0.05) is 29.9 Å². The number of carboxylic acid groups (broad SMARTS) is 1. The molecule has 23 heavy (non-hydrogen) atoms. The molecule has 2 aromatic rings. The predicted molar refractivity (Wildman–Crippen MR) is 90.2 cm³/mol. The first-order valence-electron chi connectivity index (χ1n) is 7.91. The summed E-state index contributed by atoms with van der Waals surface area (Å²) in [6, 6.07) is 7.91. The van der Waals surface area contributed by atoms with Crippen LogP contribution in [0.5, 0.6) is 5.75 Å². The molecule has 1 aliphatic heterocycles. The summed E-state index contributed by atoms with van der Waals surface area (Å²) in [5.41, 5.74) is 2.78. The summed E-state index contributed by atoms with van der Waals surface area (Å²) in [5.74, 6) is 0.0494. The van der Waals surface area contributed by atoms with E-state index >= 15 is 0 Å². The minimum Gasteiger partial charge on any atom is -0.494 e. The van der Waals surface area contributed by atoms with E-state index in [9.17, 15) is 9.90 Å². The van der Waals surface area contributed by atoms with Gasteiger partial charge in [-0.05, 0) is 31.4 Å². The van der Waals surface area contributed by atoms with Crippen LogP contribution in [0, 0.1) is 18.8 Å². The van der Waals surface area contributed by atoms with Crippen LogP contribution in [0.1, 0.15) is 19.0 Å². The molecule has 2 atom stereocenters. The molecule has 1 fully saturated rings. The highest BCUT2D eigenvalue weighted by molar-refractivity contribution is 5.95. The Balaban J connectivity index is 2.10. The van der Waals surface area contributed by atoms with Gasteiger partial charge < -0.3 is 14.7 Å². The van der Waals surface area contributed by atoms with Crippen molar-refractivity contribution in [1.82, 2.24) is 4.98 Å². The molecule has 3 rings (SSSR count). The fourth-order valence-electron chi connectivity index (χ4n) is 3.48. The van der Waals surface area contributed by atoms with Crippen LogP contribution in [0.25, 0.3) is 10.9 Å². The molecule has 122 valence electrons. The zero-order chi connectivity index (χ0) is 16.6. The van der Waals surface area contributed by atoms with E-state index in [1.165, 1.54) is 0 Å². The molecule has 0 bridgehead atoms. The molecule has 1 N–H and O–H groups in total. The number of anilines is 1. The maximum atomic E-state index is 11.4. The molecule has 0 saturated carbocycles. The van der Waals surface area contributed by atoms with Crippen LogP contribution in [0.2, 0.25) is 0 Å². The van der Waals surface area contributed by atoms with Crippen molar-refractivity contribution in [1.29, 1.82) is 0 Å². The minimum atomic E-state index is -0.714. The summed E-state index contributed by atoms with van der Waals surface area (Å²) in [6.45, 7) is 5.46. The Hall–Kier alpha value is -2.30. The standard InChI is InChI=1S/C18H22N2O3/c1-11-7-13(18(21)22)10-20(9-11)15-8-12(2)19-17-14(15)5-4-6-16(17)23-3/h4-6,8,11,13H,7,9-10H2,1-3H3,(H,21,22). The third-order valence-electron chi connectivity index (χ3n) is 4.48. The van der Waals surface area contributed by atoms with Crippen molar-refractivity contribution < 1.29 is 14.6 Å². The van der Waals surface area contributed by atoms with Gasteiger partial charge in [0.25, 0.3) is 0 Å². The Kier molecular flexibility index (Phi) is 4.11. The van der Waals surface area contributed by atoms with Crippen molar-refractivity contribution in [2.45, 2.75) is 20.3 Å². The number of aromatic nitrogens is 1. The number of aryl methyl sites for hydroxylation is 1. The molecule has 1 saturated heterocycles. The maximum Gasteiger partial charge on any atom is 0.308 e. The smallest absolute Gasteiger partial charge is 0.308 e. The first kappa shape index (κ1) is 15.6. The first-order valence-corrected chi connectivity index (χ1v) is 7.91. The van der Waals surface area contributed by atoms with E-state index in [2.05, 4.69) is 16.8 Å². The van der Waals surface area contributed by atoms with Gasteiger partial charge >= 0.3 is 5.97 Å². The highest BCUT2D eigenvalue weighted by Crippen LogP contribution is 2.35. The second kappa shape index (κ2) is 6.07. The number of carbonyl (C=O) groups is 1. The summed E-state index contributed by atoms with van der Waals surface area (Å²) < 4.78 is 5.43. The average molecular weight is 314 g/mol. The van der Waals surface area contributed by atoms with Gasteiger partial charge in [0.1, 0.15) is 11.3 Å². The molecule has 2 unspecified atom stereocenters. The van der Waals surface area contributed by atoms with Crippen molar-refractivity contribution in [2.75, 3.05) is 25.1 Å². The SMILES string of the molecule is COc1cccc2c(N3CC(C)CC(C(=O)O)C3)cc(C)nc12. The zero-order valence-electron chi connectivity index (χ0n) is 13.7. The fraction of sp³-hybridized carbons (Fsp3) is 0.444. The van der Waals surface area contributed by atoms with E-state index in [0.29, 0.717) is 12.5 Å². The van der Waals surface area contributed by atoms with Gasteiger partial charge in [-0.15, -0.1) is 0 Å². The quantitative estimate of drug-likeness (QED) is 0.943. The van der Waals surface area contributed by atoms with Crippen LogP contribution in [0.3, 0.4) is 0 Å². The molecule has 1 aromatic heterocycles. The lowest BCUT2D eigenvalue weighted by Crippen LogP contribution is -2.42. The number of piperidine rings is 1. The van der Waals surface area contributed by atoms with Crippen LogP contribution < -0.4 is 9.64 Å². The molecule has 0 aliphatic carbocycles. The van der Waals surface area contributed by atoms with E-state index < -0.39 is 5.97 Å². The summed E-state index contributed by atoms with van der Waals surface area (Å²) in [5, 5.41) is 10.4. The molecule has 0 radical (unpaired) electrons. The van der Waals surface area contributed by atoms with Crippen molar-refractivity contribution >= 4 is 22.6 Å². The highest BCUT2D eigenvalue weighted by atomic mass is 16.5. The van der Waals surface area contributed by atoms with Gasteiger partial charge in [-0.1, -0.05) is 19.1 Å². The lowest BCUT2D eigenvalue weighted by atomic mass is 9.90. The van der Waals surface area contributed by atoms with Gasteiger partial charge in [0.2, 0.25) is 0 Å². The van der Waals surface area contributed by atoms with Crippen molar-refractivity contribution in [2.24, 2.45) is 11.8 Å². The van der Waals surface area contributed by atoms with E-state index in [-0.39, 0.29) is 5.92 Å². The Bertz CT molecular complexity index is 744. The van der Waals surface area contributed by atoms with Crippen LogP contribution in [0.15, 0.2) is 24.3 Å². The molecule has 5 nitrogen and oxygen atoms in total. The predicted octanol–water partition coefficient (Wildman–Crippen LogP) is 3.10. The van der Waals surface area contributed by atoms with Gasteiger partial charge in [0.15, 0.2) is 0 Å². The second-order valence-corrected chi connectivity index (χ2v) is 6.42. The third kappa shape index (κ3) is 2.96. The molecule has 0 spiro atoms. The summed E-state index contributed by atoms with van der Waals surface area (Å²) in [4.78, 5) is 18.2. The first-order chi connectivity index (χ1) is 11.0. The van der Waals surface area contributed by atoms with Crippen LogP contribution in [-0.4, -0.2) is 36.3 Å². The number of ether oxygens (including phenoxy) is 1. The summed E-state index contributed by atoms with van der Waals surface area (Å²) >= 11 is 0. The Morgan fingerprint density at radius 3 is 2.87 bits per heavy atom.